The first-order valence-corrected chi connectivity index (χ1v) is 9.51. The molecule has 0 fully saturated rings. The predicted octanol–water partition coefficient (Wildman–Crippen LogP) is 3.06. The summed E-state index contributed by atoms with van der Waals surface area (Å²) in [6, 6.07) is 16.8. The monoisotopic (exact) mass is 380 g/mol. The lowest BCUT2D eigenvalue weighted by molar-refractivity contribution is 0.101. The molecule has 0 atom stereocenters. The third-order valence-corrected chi connectivity index (χ3v) is 5.25. The van der Waals surface area contributed by atoms with Crippen LogP contribution in [0.15, 0.2) is 59.5 Å². The second kappa shape index (κ2) is 7.05. The summed E-state index contributed by atoms with van der Waals surface area (Å²) in [6.07, 6.45) is 0. The summed E-state index contributed by atoms with van der Waals surface area (Å²) in [5.41, 5.74) is 1.31. The van der Waals surface area contributed by atoms with Crippen LogP contribution in [-0.4, -0.2) is 24.0 Å². The van der Waals surface area contributed by atoms with Gasteiger partial charge in [0.2, 0.25) is 0 Å². The highest BCUT2D eigenvalue weighted by Crippen LogP contribution is 2.26. The van der Waals surface area contributed by atoms with Gasteiger partial charge in [0, 0.05) is 6.92 Å². The second-order valence-electron chi connectivity index (χ2n) is 5.91. The van der Waals surface area contributed by atoms with Gasteiger partial charge in [0.15, 0.2) is 11.6 Å². The first-order valence-electron chi connectivity index (χ1n) is 8.02. The Kier molecular flexibility index (Phi) is 4.79. The topological polar surface area (TPSA) is 105 Å². The van der Waals surface area contributed by atoms with E-state index in [0.717, 1.165) is 5.56 Å². The van der Waals surface area contributed by atoms with Crippen molar-refractivity contribution in [3.63, 3.8) is 0 Å². The zero-order chi connectivity index (χ0) is 19.6. The lowest BCUT2D eigenvalue weighted by Gasteiger charge is -2.11. The number of anilines is 1. The Bertz CT molecular complexity index is 1140. The van der Waals surface area contributed by atoms with Crippen LogP contribution >= 0.6 is 0 Å². The number of hydrogen-bond donors (Lipinski definition) is 1. The number of carbonyl (C=O) groups excluding carboxylic acids is 1. The molecule has 0 bridgehead atoms. The van der Waals surface area contributed by atoms with Crippen molar-refractivity contribution in [2.75, 3.05) is 4.72 Å². The van der Waals surface area contributed by atoms with E-state index in [2.05, 4.69) is 9.82 Å². The second-order valence-corrected chi connectivity index (χ2v) is 7.59. The first-order chi connectivity index (χ1) is 12.8. The molecule has 3 rings (SSSR count). The Morgan fingerprint density at radius 1 is 1.11 bits per heavy atom. The van der Waals surface area contributed by atoms with Crippen LogP contribution in [0.1, 0.15) is 28.5 Å². The molecule has 7 nitrogen and oxygen atoms in total. The molecule has 0 amide bonds. The number of hydrogen-bond acceptors (Lipinski definition) is 5. The van der Waals surface area contributed by atoms with Crippen LogP contribution in [0, 0.1) is 18.3 Å². The molecule has 0 aliphatic heterocycles. The molecule has 0 aliphatic rings. The third-order valence-electron chi connectivity index (χ3n) is 3.89. The Labute approximate surface area is 156 Å². The molecule has 0 radical (unpaired) electrons. The maximum Gasteiger partial charge on any atom is 0.263 e. The van der Waals surface area contributed by atoms with Gasteiger partial charge in [-0.3, -0.25) is 9.52 Å². The van der Waals surface area contributed by atoms with Crippen LogP contribution in [0.2, 0.25) is 0 Å². The van der Waals surface area contributed by atoms with Crippen molar-refractivity contribution in [2.45, 2.75) is 18.7 Å². The van der Waals surface area contributed by atoms with Crippen molar-refractivity contribution in [3.8, 4) is 11.8 Å². The lowest BCUT2D eigenvalue weighted by Crippen LogP contribution is -2.16. The molecule has 3 aromatic rings. The van der Waals surface area contributed by atoms with E-state index in [0.29, 0.717) is 5.69 Å². The molecule has 1 aromatic heterocycles. The number of Topliss-reactive ketones (excluding diaryl/α,β-unsaturated/α-hetero) is 1. The molecular weight excluding hydrogens is 364 g/mol. The summed E-state index contributed by atoms with van der Waals surface area (Å²) in [6.45, 7) is 3.19. The van der Waals surface area contributed by atoms with E-state index in [1.54, 1.807) is 30.3 Å². The van der Waals surface area contributed by atoms with Gasteiger partial charge in [0.25, 0.3) is 10.0 Å². The first kappa shape index (κ1) is 18.4. The Morgan fingerprint density at radius 2 is 1.74 bits per heavy atom. The quantitative estimate of drug-likeness (QED) is 0.685. The maximum atomic E-state index is 12.7. The molecule has 0 saturated heterocycles. The summed E-state index contributed by atoms with van der Waals surface area (Å²) >= 11 is 0. The summed E-state index contributed by atoms with van der Waals surface area (Å²) in [5, 5.41) is 13.7. The number of nitrogens with zero attached hydrogens (tertiary/aromatic N) is 3. The third kappa shape index (κ3) is 3.59. The molecule has 0 unspecified atom stereocenters. The van der Waals surface area contributed by atoms with Crippen molar-refractivity contribution in [3.05, 3.63) is 71.4 Å². The van der Waals surface area contributed by atoms with Crippen molar-refractivity contribution < 1.29 is 13.2 Å². The normalized spacial score (nSPS) is 11.0. The minimum atomic E-state index is -3.97. The highest BCUT2D eigenvalue weighted by molar-refractivity contribution is 7.92. The fourth-order valence-corrected chi connectivity index (χ4v) is 3.60. The van der Waals surface area contributed by atoms with Crippen molar-refractivity contribution in [1.29, 1.82) is 5.26 Å². The van der Waals surface area contributed by atoms with Gasteiger partial charge >= 0.3 is 0 Å². The van der Waals surface area contributed by atoms with Crippen LogP contribution in [0.5, 0.6) is 0 Å². The number of ketones is 1. The summed E-state index contributed by atoms with van der Waals surface area (Å²) in [4.78, 5) is 11.9. The molecular formula is C19H16N4O3S. The van der Waals surface area contributed by atoms with E-state index < -0.39 is 15.8 Å². The van der Waals surface area contributed by atoms with Gasteiger partial charge in [-0.1, -0.05) is 35.9 Å². The molecule has 2 aromatic carbocycles. The van der Waals surface area contributed by atoms with Crippen molar-refractivity contribution in [2.24, 2.45) is 0 Å². The predicted molar refractivity (Wildman–Crippen MR) is 100 cm³/mol. The number of nitriles is 1. The SMILES string of the molecule is CC(=O)c1nn(-c2ccc(C)cc2)c(NS(=O)(=O)c2ccccc2)c1C#N. The largest absolute Gasteiger partial charge is 0.293 e. The smallest absolute Gasteiger partial charge is 0.263 e. The molecule has 27 heavy (non-hydrogen) atoms. The van der Waals surface area contributed by atoms with E-state index in [-0.39, 0.29) is 22.0 Å². The van der Waals surface area contributed by atoms with Crippen molar-refractivity contribution >= 4 is 21.6 Å². The average molecular weight is 380 g/mol. The van der Waals surface area contributed by atoms with Gasteiger partial charge in [0.1, 0.15) is 17.3 Å². The summed E-state index contributed by atoms with van der Waals surface area (Å²) in [5.74, 6) is -0.507. The number of rotatable bonds is 5. The Balaban J connectivity index is 2.20. The maximum absolute atomic E-state index is 12.7. The fourth-order valence-electron chi connectivity index (χ4n) is 2.52. The highest BCUT2D eigenvalue weighted by atomic mass is 32.2. The standard InChI is InChI=1S/C19H16N4O3S/c1-13-8-10-15(11-9-13)23-19(17(12-20)18(21-23)14(2)24)22-27(25,26)16-6-4-3-5-7-16/h3-11,22H,1-2H3. The Morgan fingerprint density at radius 3 is 2.30 bits per heavy atom. The van der Waals surface area contributed by atoms with Crippen LogP contribution in [0.4, 0.5) is 5.82 Å². The highest BCUT2D eigenvalue weighted by Gasteiger charge is 2.26. The minimum absolute atomic E-state index is 0.0370. The van der Waals surface area contributed by atoms with E-state index in [1.165, 1.54) is 23.7 Å². The van der Waals surface area contributed by atoms with Crippen molar-refractivity contribution in [1.82, 2.24) is 9.78 Å². The van der Waals surface area contributed by atoms with Gasteiger partial charge in [-0.25, -0.2) is 13.1 Å². The van der Waals surface area contributed by atoms with Gasteiger partial charge in [-0.15, -0.1) is 0 Å². The zero-order valence-electron chi connectivity index (χ0n) is 14.7. The average Bonchev–Trinajstić information content (AvgIpc) is 3.01. The summed E-state index contributed by atoms with van der Waals surface area (Å²) in [7, 11) is -3.97. The van der Waals surface area contributed by atoms with Crippen LogP contribution in [0.3, 0.4) is 0 Å². The lowest BCUT2D eigenvalue weighted by atomic mass is 10.2. The summed E-state index contributed by atoms with van der Waals surface area (Å²) < 4.78 is 29.1. The molecule has 136 valence electrons. The molecule has 0 aliphatic carbocycles. The zero-order valence-corrected chi connectivity index (χ0v) is 15.5. The van der Waals surface area contributed by atoms with Gasteiger partial charge < -0.3 is 0 Å². The van der Waals surface area contributed by atoms with Crippen LogP contribution in [0.25, 0.3) is 5.69 Å². The van der Waals surface area contributed by atoms with Crippen LogP contribution < -0.4 is 4.72 Å². The van der Waals surface area contributed by atoms with Gasteiger partial charge in [-0.2, -0.15) is 10.4 Å². The van der Waals surface area contributed by atoms with Crippen LogP contribution in [-0.2, 0) is 10.0 Å². The number of carbonyl (C=O) groups is 1. The number of sulfonamides is 1. The molecule has 0 saturated carbocycles. The Hall–Kier alpha value is -3.44. The molecule has 0 spiro atoms. The molecule has 1 N–H and O–H groups in total. The van der Waals surface area contributed by atoms with E-state index in [4.69, 9.17) is 0 Å². The molecule has 8 heteroatoms. The number of aryl methyl sites for hydroxylation is 1. The number of benzene rings is 2. The van der Waals surface area contributed by atoms with E-state index in [9.17, 15) is 18.5 Å². The van der Waals surface area contributed by atoms with E-state index in [1.807, 2.05) is 25.1 Å². The number of nitrogens with one attached hydrogen (secondary N) is 1. The fraction of sp³-hybridized carbons (Fsp3) is 0.105. The minimum Gasteiger partial charge on any atom is -0.293 e. The number of aromatic nitrogens is 2. The van der Waals surface area contributed by atoms with E-state index >= 15 is 0 Å². The molecule has 1 heterocycles. The van der Waals surface area contributed by atoms with Gasteiger partial charge in [-0.05, 0) is 31.2 Å². The van der Waals surface area contributed by atoms with Gasteiger partial charge in [0.05, 0.1) is 10.6 Å².